The van der Waals surface area contributed by atoms with Gasteiger partial charge in [-0.15, -0.1) is 0 Å². The summed E-state index contributed by atoms with van der Waals surface area (Å²) >= 11 is 0. The van der Waals surface area contributed by atoms with Crippen molar-refractivity contribution in [2.45, 2.75) is 108 Å². The molecule has 3 nitrogen and oxygen atoms in total. The van der Waals surface area contributed by atoms with Crippen molar-refractivity contribution >= 4 is 0 Å². The lowest BCUT2D eigenvalue weighted by Gasteiger charge is -2.41. The van der Waals surface area contributed by atoms with Crippen LogP contribution in [0.25, 0.3) is 0 Å². The van der Waals surface area contributed by atoms with E-state index < -0.39 is 0 Å². The highest BCUT2D eigenvalue weighted by atomic mass is 16.6. The molecule has 130 valence electrons. The lowest BCUT2D eigenvalue weighted by molar-refractivity contribution is -0.0377. The zero-order valence-electron chi connectivity index (χ0n) is 14.9. The minimum Gasteiger partial charge on any atom is -0.375 e. The van der Waals surface area contributed by atoms with Crippen LogP contribution in [0.3, 0.4) is 0 Å². The average Bonchev–Trinajstić information content (AvgIpc) is 3.31. The summed E-state index contributed by atoms with van der Waals surface area (Å²) in [7, 11) is 0. The molecule has 3 aliphatic heterocycles. The van der Waals surface area contributed by atoms with Gasteiger partial charge in [-0.2, -0.15) is 0 Å². The Kier molecular flexibility index (Phi) is 3.27. The normalized spacial score (nSPS) is 59.1. The van der Waals surface area contributed by atoms with Gasteiger partial charge in [-0.1, -0.05) is 0 Å². The second-order valence-corrected chi connectivity index (χ2v) is 9.56. The molecule has 2 aliphatic carbocycles. The maximum absolute atomic E-state index is 6.41. The molecule has 5 aliphatic rings. The van der Waals surface area contributed by atoms with E-state index in [0.717, 1.165) is 17.8 Å². The monoisotopic (exact) mass is 320 g/mol. The van der Waals surface area contributed by atoms with Crippen LogP contribution in [0.1, 0.15) is 72.1 Å². The molecule has 0 aromatic rings. The molecule has 2 saturated carbocycles. The smallest absolute Gasteiger partial charge is 0.0923 e. The van der Waals surface area contributed by atoms with Crippen LogP contribution in [0.2, 0.25) is 0 Å². The SMILES string of the molecule is CC1CCC(C(C2CCC3OC3(C)C2)C2CCC3OC3(C)C2)O1. The van der Waals surface area contributed by atoms with E-state index in [9.17, 15) is 0 Å². The quantitative estimate of drug-likeness (QED) is 0.735. The number of rotatable bonds is 3. The van der Waals surface area contributed by atoms with Crippen molar-refractivity contribution in [3.63, 3.8) is 0 Å². The summed E-state index contributed by atoms with van der Waals surface area (Å²) < 4.78 is 18.4. The molecule has 8 atom stereocenters. The Hall–Kier alpha value is -0.120. The van der Waals surface area contributed by atoms with Crippen LogP contribution >= 0.6 is 0 Å². The van der Waals surface area contributed by atoms with Gasteiger partial charge in [0.25, 0.3) is 0 Å². The van der Waals surface area contributed by atoms with E-state index in [-0.39, 0.29) is 11.2 Å². The van der Waals surface area contributed by atoms with E-state index in [2.05, 4.69) is 20.8 Å². The summed E-state index contributed by atoms with van der Waals surface area (Å²) in [6, 6.07) is 0. The predicted octanol–water partition coefficient (Wildman–Crippen LogP) is 4.09. The summed E-state index contributed by atoms with van der Waals surface area (Å²) in [4.78, 5) is 0. The Morgan fingerprint density at radius 2 is 1.35 bits per heavy atom. The molecule has 3 saturated heterocycles. The maximum atomic E-state index is 6.41. The van der Waals surface area contributed by atoms with Crippen LogP contribution in [0.15, 0.2) is 0 Å². The minimum atomic E-state index is 0.197. The van der Waals surface area contributed by atoms with E-state index >= 15 is 0 Å². The highest BCUT2D eigenvalue weighted by molar-refractivity contribution is 5.09. The fourth-order valence-corrected chi connectivity index (χ4v) is 6.41. The number of hydrogen-bond acceptors (Lipinski definition) is 3. The number of hydrogen-bond donors (Lipinski definition) is 0. The summed E-state index contributed by atoms with van der Waals surface area (Å²) in [6.07, 6.45) is 12.3. The van der Waals surface area contributed by atoms with Crippen LogP contribution in [-0.2, 0) is 14.2 Å². The Labute approximate surface area is 140 Å². The molecule has 3 heteroatoms. The van der Waals surface area contributed by atoms with E-state index in [0.29, 0.717) is 24.4 Å². The van der Waals surface area contributed by atoms with Crippen molar-refractivity contribution in [2.75, 3.05) is 0 Å². The zero-order chi connectivity index (χ0) is 15.8. The summed E-state index contributed by atoms with van der Waals surface area (Å²) in [5.74, 6) is 2.31. The van der Waals surface area contributed by atoms with Crippen LogP contribution in [-0.4, -0.2) is 35.6 Å². The average molecular weight is 320 g/mol. The maximum Gasteiger partial charge on any atom is 0.0923 e. The van der Waals surface area contributed by atoms with Crippen molar-refractivity contribution in [3.05, 3.63) is 0 Å². The molecule has 5 fully saturated rings. The highest BCUT2D eigenvalue weighted by Crippen LogP contribution is 2.57. The second-order valence-electron chi connectivity index (χ2n) is 9.56. The molecule has 0 amide bonds. The van der Waals surface area contributed by atoms with Gasteiger partial charge < -0.3 is 14.2 Å². The Morgan fingerprint density at radius 3 is 1.78 bits per heavy atom. The van der Waals surface area contributed by atoms with Crippen molar-refractivity contribution in [3.8, 4) is 0 Å². The topological polar surface area (TPSA) is 34.3 Å². The Balaban J connectivity index is 1.37. The van der Waals surface area contributed by atoms with Gasteiger partial charge in [0.05, 0.1) is 35.6 Å². The minimum absolute atomic E-state index is 0.197. The Bertz CT molecular complexity index is 459. The molecule has 8 unspecified atom stereocenters. The van der Waals surface area contributed by atoms with E-state index in [1.807, 2.05) is 0 Å². The van der Waals surface area contributed by atoms with Gasteiger partial charge in [0.15, 0.2) is 0 Å². The van der Waals surface area contributed by atoms with Gasteiger partial charge in [-0.3, -0.25) is 0 Å². The van der Waals surface area contributed by atoms with Crippen molar-refractivity contribution in [2.24, 2.45) is 17.8 Å². The second kappa shape index (κ2) is 4.95. The third kappa shape index (κ3) is 2.49. The van der Waals surface area contributed by atoms with Crippen LogP contribution in [0.5, 0.6) is 0 Å². The van der Waals surface area contributed by atoms with Crippen LogP contribution < -0.4 is 0 Å². The molecule has 0 aromatic heterocycles. The largest absolute Gasteiger partial charge is 0.375 e. The van der Waals surface area contributed by atoms with Gasteiger partial charge in [-0.05, 0) is 89.9 Å². The fourth-order valence-electron chi connectivity index (χ4n) is 6.41. The fraction of sp³-hybridized carbons (Fsp3) is 1.00. The lowest BCUT2D eigenvalue weighted by atomic mass is 9.64. The summed E-state index contributed by atoms with van der Waals surface area (Å²) in [5, 5.41) is 0. The first-order valence-electron chi connectivity index (χ1n) is 9.98. The van der Waals surface area contributed by atoms with Gasteiger partial charge in [0.2, 0.25) is 0 Å². The van der Waals surface area contributed by atoms with E-state index in [4.69, 9.17) is 14.2 Å². The predicted molar refractivity (Wildman–Crippen MR) is 88.3 cm³/mol. The van der Waals surface area contributed by atoms with E-state index in [1.165, 1.54) is 51.4 Å². The standard InChI is InChI=1S/C20H32O3/c1-12-4-7-15(21-12)18(13-5-8-16-19(2,10-13)22-16)14-6-9-17-20(3,11-14)23-17/h12-18H,4-11H2,1-3H3. The molecule has 0 N–H and O–H groups in total. The van der Waals surface area contributed by atoms with E-state index in [1.54, 1.807) is 0 Å². The highest BCUT2D eigenvalue weighted by Gasteiger charge is 2.61. The van der Waals surface area contributed by atoms with Gasteiger partial charge in [0.1, 0.15) is 0 Å². The summed E-state index contributed by atoms with van der Waals surface area (Å²) in [6.45, 7) is 6.92. The zero-order valence-corrected chi connectivity index (χ0v) is 14.9. The third-order valence-electron chi connectivity index (χ3n) is 7.79. The number of ether oxygens (including phenoxy) is 3. The van der Waals surface area contributed by atoms with Crippen LogP contribution in [0.4, 0.5) is 0 Å². The molecule has 0 radical (unpaired) electrons. The molecule has 3 heterocycles. The molecular formula is C20H32O3. The van der Waals surface area contributed by atoms with Crippen LogP contribution in [0, 0.1) is 17.8 Å². The number of fused-ring (bicyclic) bond motifs is 2. The van der Waals surface area contributed by atoms with Gasteiger partial charge in [0, 0.05) is 0 Å². The van der Waals surface area contributed by atoms with Gasteiger partial charge >= 0.3 is 0 Å². The molecular weight excluding hydrogens is 288 g/mol. The molecule has 0 spiro atoms. The first-order valence-corrected chi connectivity index (χ1v) is 9.98. The Morgan fingerprint density at radius 1 is 0.783 bits per heavy atom. The van der Waals surface area contributed by atoms with Crippen molar-refractivity contribution < 1.29 is 14.2 Å². The molecule has 23 heavy (non-hydrogen) atoms. The summed E-state index contributed by atoms with van der Waals surface area (Å²) in [5.41, 5.74) is 0.394. The first-order chi connectivity index (χ1) is 11.0. The number of epoxide rings is 2. The third-order valence-corrected chi connectivity index (χ3v) is 7.79. The van der Waals surface area contributed by atoms with Crippen molar-refractivity contribution in [1.29, 1.82) is 0 Å². The molecule has 0 bridgehead atoms. The molecule has 0 aromatic carbocycles. The first kappa shape index (κ1) is 15.2. The van der Waals surface area contributed by atoms with Crippen molar-refractivity contribution in [1.82, 2.24) is 0 Å². The lowest BCUT2D eigenvalue weighted by Crippen LogP contribution is -2.41. The van der Waals surface area contributed by atoms with Gasteiger partial charge in [-0.25, -0.2) is 0 Å². The molecule has 5 rings (SSSR count).